The molecule has 2 unspecified atom stereocenters. The maximum Gasteiger partial charge on any atom is 0.416 e. The Bertz CT molecular complexity index is 1690. The lowest BCUT2D eigenvalue weighted by atomic mass is 10.1. The molecule has 5 nitrogen and oxygen atoms in total. The Balaban J connectivity index is 1.54. The number of hydrogen-bond acceptors (Lipinski definition) is 6. The number of aliphatic carboxylic acids is 1. The van der Waals surface area contributed by atoms with Gasteiger partial charge in [0.15, 0.2) is 6.61 Å². The topological polar surface area (TPSA) is 71.5 Å². The molecule has 4 rings (SSSR count). The predicted molar refractivity (Wildman–Crippen MR) is 172 cm³/mol. The molecule has 1 heterocycles. The molecule has 4 aromatic rings. The summed E-state index contributed by atoms with van der Waals surface area (Å²) in [7, 11) is 0. The minimum atomic E-state index is -4.44. The fraction of sp³-hybridized carbons (Fsp3) is 0.235. The summed E-state index contributed by atoms with van der Waals surface area (Å²) in [5.74, 6) is -0.646. The van der Waals surface area contributed by atoms with Crippen molar-refractivity contribution >= 4 is 30.4 Å². The molecule has 13 heteroatoms. The third-order valence-electron chi connectivity index (χ3n) is 6.91. The Kier molecular flexibility index (Phi) is 11.6. The number of allylic oxidation sites excluding steroid dienone is 1. The normalized spacial score (nSPS) is 13.6. The number of alkyl halides is 6. The molecule has 0 aliphatic carbocycles. The van der Waals surface area contributed by atoms with E-state index in [1.165, 1.54) is 36.0 Å². The van der Waals surface area contributed by atoms with Crippen LogP contribution in [-0.4, -0.2) is 27.9 Å². The molecule has 0 fully saturated rings. The van der Waals surface area contributed by atoms with Gasteiger partial charge in [-0.05, 0) is 85.5 Å². The van der Waals surface area contributed by atoms with Crippen molar-refractivity contribution in [3.05, 3.63) is 125 Å². The van der Waals surface area contributed by atoms with Crippen LogP contribution in [0.1, 0.15) is 40.1 Å². The van der Waals surface area contributed by atoms with Crippen molar-refractivity contribution in [3.63, 3.8) is 0 Å². The number of carboxylic acids is 1. The third kappa shape index (κ3) is 10.4. The molecule has 248 valence electrons. The van der Waals surface area contributed by atoms with Crippen LogP contribution in [0.2, 0.25) is 0 Å². The maximum atomic E-state index is 13.0. The molecule has 2 N–H and O–H groups in total. The van der Waals surface area contributed by atoms with Crippen LogP contribution >= 0.6 is 24.4 Å². The molecule has 0 aliphatic rings. The number of rotatable bonds is 12. The second-order valence-electron chi connectivity index (χ2n) is 10.6. The first-order valence-corrected chi connectivity index (χ1v) is 15.5. The van der Waals surface area contributed by atoms with E-state index in [2.05, 4.69) is 22.9 Å². The fourth-order valence-electron chi connectivity index (χ4n) is 4.56. The number of nitrogens with one attached hydrogen (secondary N) is 1. The number of benzene rings is 3. The van der Waals surface area contributed by atoms with Gasteiger partial charge in [0, 0.05) is 27.6 Å². The minimum absolute atomic E-state index is 0.181. The van der Waals surface area contributed by atoms with Gasteiger partial charge in [0.2, 0.25) is 0 Å². The van der Waals surface area contributed by atoms with Crippen molar-refractivity contribution in [3.8, 4) is 17.0 Å². The summed E-state index contributed by atoms with van der Waals surface area (Å²) in [4.78, 5) is 16.3. The Morgan fingerprint density at radius 1 is 0.957 bits per heavy atom. The van der Waals surface area contributed by atoms with Crippen molar-refractivity contribution < 1.29 is 41.0 Å². The highest BCUT2D eigenvalue weighted by molar-refractivity contribution is 8.00. The highest BCUT2D eigenvalue weighted by Crippen LogP contribution is 2.34. The van der Waals surface area contributed by atoms with E-state index in [4.69, 9.17) is 9.84 Å². The van der Waals surface area contributed by atoms with Crippen molar-refractivity contribution in [2.45, 2.75) is 48.1 Å². The van der Waals surface area contributed by atoms with E-state index in [1.54, 1.807) is 25.3 Å². The highest BCUT2D eigenvalue weighted by Gasteiger charge is 2.31. The van der Waals surface area contributed by atoms with E-state index in [1.807, 2.05) is 31.2 Å². The zero-order valence-electron chi connectivity index (χ0n) is 25.1. The van der Waals surface area contributed by atoms with Crippen molar-refractivity contribution in [2.24, 2.45) is 0 Å². The number of pyridine rings is 1. The molecule has 0 saturated heterocycles. The van der Waals surface area contributed by atoms with Crippen molar-refractivity contribution in [1.82, 2.24) is 10.3 Å². The van der Waals surface area contributed by atoms with Crippen molar-refractivity contribution in [1.29, 1.82) is 0 Å². The monoisotopic (exact) mass is 692 g/mol. The van der Waals surface area contributed by atoms with Crippen LogP contribution < -0.4 is 10.1 Å². The van der Waals surface area contributed by atoms with Gasteiger partial charge in [0.25, 0.3) is 0 Å². The molecule has 0 radical (unpaired) electrons. The molecular formula is C34H30F6N2O3S2. The third-order valence-corrected chi connectivity index (χ3v) is 8.47. The molecule has 0 amide bonds. The van der Waals surface area contributed by atoms with Gasteiger partial charge in [-0.2, -0.15) is 26.3 Å². The summed E-state index contributed by atoms with van der Waals surface area (Å²) < 4.78 is 83.2. The number of thiol groups is 1. The SMILES string of the molecule is C/C(=C\C(Cc1ccc(-c2ccc(C(F)(F)F)cc2)nc1)Sc1ccc(OCC(=O)O)c(C)c1)NC(S)c1ccc(C(F)(F)F)cc1. The largest absolute Gasteiger partial charge is 0.482 e. The average Bonchev–Trinajstić information content (AvgIpc) is 3.00. The van der Waals surface area contributed by atoms with E-state index in [9.17, 15) is 31.1 Å². The summed E-state index contributed by atoms with van der Waals surface area (Å²) in [5.41, 5.74) is 2.43. The van der Waals surface area contributed by atoms with Crippen LogP contribution in [0.4, 0.5) is 26.3 Å². The van der Waals surface area contributed by atoms with Gasteiger partial charge in [0.1, 0.15) is 5.75 Å². The van der Waals surface area contributed by atoms with Gasteiger partial charge in [-0.3, -0.25) is 4.98 Å². The Morgan fingerprint density at radius 3 is 2.11 bits per heavy atom. The van der Waals surface area contributed by atoms with Gasteiger partial charge in [0.05, 0.1) is 22.2 Å². The van der Waals surface area contributed by atoms with Gasteiger partial charge in [-0.1, -0.05) is 36.4 Å². The number of hydrogen-bond donors (Lipinski definition) is 3. The van der Waals surface area contributed by atoms with E-state index in [0.29, 0.717) is 29.0 Å². The smallest absolute Gasteiger partial charge is 0.416 e. The number of ether oxygens (including phenoxy) is 1. The number of carboxylic acid groups (broad SMARTS) is 1. The van der Waals surface area contributed by atoms with E-state index in [0.717, 1.165) is 46.0 Å². The number of carbonyl (C=O) groups is 1. The predicted octanol–water partition coefficient (Wildman–Crippen LogP) is 9.38. The van der Waals surface area contributed by atoms with Crippen LogP contribution in [0.3, 0.4) is 0 Å². The van der Waals surface area contributed by atoms with Gasteiger partial charge in [-0.25, -0.2) is 4.79 Å². The van der Waals surface area contributed by atoms with E-state index < -0.39 is 41.4 Å². The Morgan fingerprint density at radius 2 is 1.57 bits per heavy atom. The van der Waals surface area contributed by atoms with Crippen LogP contribution in [0, 0.1) is 6.92 Å². The first-order valence-electron chi connectivity index (χ1n) is 14.1. The number of thioether (sulfide) groups is 1. The molecule has 0 spiro atoms. The first-order chi connectivity index (χ1) is 22.1. The lowest BCUT2D eigenvalue weighted by molar-refractivity contribution is -0.139. The number of aromatic nitrogens is 1. The Hall–Kier alpha value is -4.10. The molecule has 47 heavy (non-hydrogen) atoms. The lowest BCUT2D eigenvalue weighted by Crippen LogP contribution is -2.17. The molecule has 1 aromatic heterocycles. The second kappa shape index (κ2) is 15.2. The molecule has 2 atom stereocenters. The summed E-state index contributed by atoms with van der Waals surface area (Å²) in [5, 5.41) is 11.4. The van der Waals surface area contributed by atoms with Crippen LogP contribution in [0.25, 0.3) is 11.3 Å². The minimum Gasteiger partial charge on any atom is -0.482 e. The zero-order valence-corrected chi connectivity index (χ0v) is 26.8. The van der Waals surface area contributed by atoms with Gasteiger partial charge >= 0.3 is 18.3 Å². The zero-order chi connectivity index (χ0) is 34.4. The summed E-state index contributed by atoms with van der Waals surface area (Å²) in [6.07, 6.45) is -4.75. The van der Waals surface area contributed by atoms with Crippen LogP contribution in [0.5, 0.6) is 5.75 Å². The standard InChI is InChI=1S/C34H30F6N2O3S2/c1-20-15-27(12-14-30(20)45-19-31(43)44)47-28(16-21(2)42-32(46)24-6-10-26(11-7-24)34(38,39)40)17-22-3-13-29(41-18-22)23-4-8-25(9-5-23)33(35,36)37/h3-16,18,28,32,42,46H,17,19H2,1-2H3,(H,43,44)/b21-16+. The number of aryl methyl sites for hydroxylation is 1. The molecule has 3 aromatic carbocycles. The molecule has 0 bridgehead atoms. The highest BCUT2D eigenvalue weighted by atomic mass is 32.2. The van der Waals surface area contributed by atoms with Crippen molar-refractivity contribution in [2.75, 3.05) is 6.61 Å². The maximum absolute atomic E-state index is 13.0. The summed E-state index contributed by atoms with van der Waals surface area (Å²) in [6, 6.07) is 18.5. The number of halogens is 6. The molecular weight excluding hydrogens is 663 g/mol. The summed E-state index contributed by atoms with van der Waals surface area (Å²) in [6.45, 7) is 3.15. The second-order valence-corrected chi connectivity index (χ2v) is 12.4. The molecule has 0 aliphatic heterocycles. The van der Waals surface area contributed by atoms with E-state index in [-0.39, 0.29) is 5.25 Å². The van der Waals surface area contributed by atoms with Crippen LogP contribution in [-0.2, 0) is 23.6 Å². The quantitative estimate of drug-likeness (QED) is 0.0595. The number of nitrogens with zero attached hydrogens (tertiary/aromatic N) is 1. The van der Waals surface area contributed by atoms with Gasteiger partial charge < -0.3 is 15.2 Å². The average molecular weight is 693 g/mol. The molecule has 0 saturated carbocycles. The Labute approximate surface area is 277 Å². The van der Waals surface area contributed by atoms with Crippen LogP contribution in [0.15, 0.2) is 102 Å². The summed E-state index contributed by atoms with van der Waals surface area (Å²) >= 11 is 6.06. The van der Waals surface area contributed by atoms with E-state index >= 15 is 0 Å². The lowest BCUT2D eigenvalue weighted by Gasteiger charge is -2.19. The fourth-order valence-corrected chi connectivity index (χ4v) is 6.23. The first kappa shape index (κ1) is 35.7. The van der Waals surface area contributed by atoms with Gasteiger partial charge in [-0.15, -0.1) is 24.4 Å².